The predicted molar refractivity (Wildman–Crippen MR) is 68.9 cm³/mol. The van der Waals surface area contributed by atoms with Gasteiger partial charge in [-0.25, -0.2) is 4.39 Å². The Labute approximate surface area is 107 Å². The quantitative estimate of drug-likeness (QED) is 0.816. The first-order valence-corrected chi connectivity index (χ1v) is 5.86. The van der Waals surface area contributed by atoms with Crippen LogP contribution < -0.4 is 5.73 Å². The maximum Gasteiger partial charge on any atom is 0.254 e. The Morgan fingerprint density at radius 1 is 1.56 bits per heavy atom. The molecule has 1 aromatic rings. The zero-order chi connectivity index (χ0) is 13.7. The molecule has 1 amide bonds. The third-order valence-electron chi connectivity index (χ3n) is 2.79. The summed E-state index contributed by atoms with van der Waals surface area (Å²) in [5.74, 6) is -0.794. The molecule has 0 radical (unpaired) electrons. The van der Waals surface area contributed by atoms with Crippen molar-refractivity contribution in [1.29, 1.82) is 0 Å². The molecule has 0 aromatic heterocycles. The van der Waals surface area contributed by atoms with Crippen molar-refractivity contribution in [2.45, 2.75) is 19.9 Å². The van der Waals surface area contributed by atoms with Gasteiger partial charge in [0.1, 0.15) is 5.82 Å². The molecule has 0 aliphatic heterocycles. The minimum absolute atomic E-state index is 0.0412. The summed E-state index contributed by atoms with van der Waals surface area (Å²) in [5.41, 5.74) is 5.72. The van der Waals surface area contributed by atoms with Crippen molar-refractivity contribution in [2.24, 2.45) is 0 Å². The van der Waals surface area contributed by atoms with Crippen LogP contribution >= 0.6 is 0 Å². The van der Waals surface area contributed by atoms with Crippen LogP contribution in [0.2, 0.25) is 0 Å². The predicted octanol–water partition coefficient (Wildman–Crippen LogP) is 1.90. The lowest BCUT2D eigenvalue weighted by atomic mass is 10.1. The monoisotopic (exact) mass is 254 g/mol. The second-order valence-electron chi connectivity index (χ2n) is 4.13. The number of halogens is 1. The second-order valence-corrected chi connectivity index (χ2v) is 4.13. The van der Waals surface area contributed by atoms with E-state index in [-0.39, 0.29) is 17.6 Å². The molecule has 0 spiro atoms. The average molecular weight is 254 g/mol. The maximum atomic E-state index is 13.3. The van der Waals surface area contributed by atoms with E-state index in [1.807, 2.05) is 13.8 Å². The zero-order valence-corrected chi connectivity index (χ0v) is 10.9. The number of nitrogen functional groups attached to an aromatic ring is 1. The van der Waals surface area contributed by atoms with Gasteiger partial charge in [0.05, 0.1) is 18.3 Å². The first-order valence-electron chi connectivity index (χ1n) is 5.86. The normalized spacial score (nSPS) is 12.2. The number of nitrogens with two attached hydrogens (primary N) is 1. The molecule has 1 aromatic carbocycles. The van der Waals surface area contributed by atoms with Crippen LogP contribution in [0.4, 0.5) is 10.1 Å². The molecule has 1 unspecified atom stereocenters. The first kappa shape index (κ1) is 14.4. The number of amides is 1. The molecule has 1 atom stereocenters. The molecule has 0 aliphatic rings. The Hall–Kier alpha value is -1.62. The molecule has 5 heteroatoms. The molecule has 0 fully saturated rings. The lowest BCUT2D eigenvalue weighted by Crippen LogP contribution is -2.40. The Kier molecular flexibility index (Phi) is 5.09. The van der Waals surface area contributed by atoms with E-state index in [9.17, 15) is 9.18 Å². The highest BCUT2D eigenvalue weighted by Gasteiger charge is 2.20. The van der Waals surface area contributed by atoms with Crippen molar-refractivity contribution in [3.05, 3.63) is 29.6 Å². The summed E-state index contributed by atoms with van der Waals surface area (Å²) < 4.78 is 18.4. The smallest absolute Gasteiger partial charge is 0.254 e. The number of ether oxygens (including phenoxy) is 1. The van der Waals surface area contributed by atoms with Crippen LogP contribution in [0.5, 0.6) is 0 Å². The van der Waals surface area contributed by atoms with E-state index in [0.717, 1.165) is 0 Å². The van der Waals surface area contributed by atoms with Crippen molar-refractivity contribution in [1.82, 2.24) is 4.90 Å². The van der Waals surface area contributed by atoms with E-state index in [1.165, 1.54) is 18.2 Å². The van der Waals surface area contributed by atoms with Gasteiger partial charge in [-0.3, -0.25) is 4.79 Å². The Bertz CT molecular complexity index is 423. The summed E-state index contributed by atoms with van der Waals surface area (Å²) >= 11 is 0. The molecule has 4 nitrogen and oxygen atoms in total. The van der Waals surface area contributed by atoms with Gasteiger partial charge in [-0.1, -0.05) is 0 Å². The van der Waals surface area contributed by atoms with Gasteiger partial charge < -0.3 is 15.4 Å². The van der Waals surface area contributed by atoms with Crippen LogP contribution in [-0.4, -0.2) is 37.1 Å². The van der Waals surface area contributed by atoms with Gasteiger partial charge >= 0.3 is 0 Å². The lowest BCUT2D eigenvalue weighted by Gasteiger charge is -2.27. The van der Waals surface area contributed by atoms with Gasteiger partial charge in [0.15, 0.2) is 0 Å². The molecule has 100 valence electrons. The summed E-state index contributed by atoms with van der Waals surface area (Å²) in [6, 6.07) is 4.04. The molecular formula is C13H19FN2O2. The maximum absolute atomic E-state index is 13.3. The highest BCUT2D eigenvalue weighted by Crippen LogP contribution is 2.15. The number of nitrogens with zero attached hydrogens (tertiary/aromatic N) is 1. The third kappa shape index (κ3) is 3.20. The fourth-order valence-corrected chi connectivity index (χ4v) is 1.81. The highest BCUT2D eigenvalue weighted by atomic mass is 19.1. The van der Waals surface area contributed by atoms with Gasteiger partial charge in [0, 0.05) is 19.2 Å². The molecule has 0 heterocycles. The molecule has 0 saturated heterocycles. The van der Waals surface area contributed by atoms with E-state index in [0.29, 0.717) is 18.7 Å². The number of likely N-dealkylation sites (N-methyl/N-ethyl adjacent to an activating group) is 1. The molecule has 0 saturated carbocycles. The number of anilines is 1. The summed E-state index contributed by atoms with van der Waals surface area (Å²) in [7, 11) is 1.58. The number of benzene rings is 1. The number of carbonyl (C=O) groups is 1. The van der Waals surface area contributed by atoms with E-state index >= 15 is 0 Å². The minimum atomic E-state index is -0.573. The third-order valence-corrected chi connectivity index (χ3v) is 2.79. The van der Waals surface area contributed by atoms with Crippen LogP contribution in [0.15, 0.2) is 18.2 Å². The van der Waals surface area contributed by atoms with Crippen molar-refractivity contribution >= 4 is 11.6 Å². The zero-order valence-electron chi connectivity index (χ0n) is 10.9. The first-order chi connectivity index (χ1) is 8.51. The fraction of sp³-hybridized carbons (Fsp3) is 0.462. The summed E-state index contributed by atoms with van der Waals surface area (Å²) in [4.78, 5) is 13.9. The van der Waals surface area contributed by atoms with Gasteiger partial charge in [-0.2, -0.15) is 0 Å². The van der Waals surface area contributed by atoms with Gasteiger partial charge in [0.25, 0.3) is 5.91 Å². The summed E-state index contributed by atoms with van der Waals surface area (Å²) in [6.45, 7) is 4.74. The number of rotatable bonds is 5. The lowest BCUT2D eigenvalue weighted by molar-refractivity contribution is 0.0579. The van der Waals surface area contributed by atoms with Crippen molar-refractivity contribution in [3.63, 3.8) is 0 Å². The van der Waals surface area contributed by atoms with Crippen LogP contribution in [0.1, 0.15) is 24.2 Å². The summed E-state index contributed by atoms with van der Waals surface area (Å²) in [6.07, 6.45) is 0. The number of hydrogen-bond acceptors (Lipinski definition) is 3. The standard InChI is InChI=1S/C13H19FN2O2/c1-4-16(9(2)8-18-3)13(17)10-5-6-12(15)11(14)7-10/h5-7,9H,4,8,15H2,1-3H3. The van der Waals surface area contributed by atoms with Crippen LogP contribution in [-0.2, 0) is 4.74 Å². The molecule has 18 heavy (non-hydrogen) atoms. The van der Waals surface area contributed by atoms with Crippen molar-refractivity contribution < 1.29 is 13.9 Å². The minimum Gasteiger partial charge on any atom is -0.396 e. The Morgan fingerprint density at radius 3 is 2.72 bits per heavy atom. The highest BCUT2D eigenvalue weighted by molar-refractivity contribution is 5.94. The molecule has 1 rings (SSSR count). The number of methoxy groups -OCH3 is 1. The fourth-order valence-electron chi connectivity index (χ4n) is 1.81. The topological polar surface area (TPSA) is 55.6 Å². The van der Waals surface area contributed by atoms with Crippen LogP contribution in [0.3, 0.4) is 0 Å². The van der Waals surface area contributed by atoms with E-state index in [2.05, 4.69) is 0 Å². The largest absolute Gasteiger partial charge is 0.396 e. The Balaban J connectivity index is 2.92. The van der Waals surface area contributed by atoms with E-state index < -0.39 is 5.82 Å². The van der Waals surface area contributed by atoms with Gasteiger partial charge in [-0.05, 0) is 32.0 Å². The van der Waals surface area contributed by atoms with Crippen molar-refractivity contribution in [2.75, 3.05) is 26.0 Å². The van der Waals surface area contributed by atoms with Gasteiger partial charge in [0.2, 0.25) is 0 Å². The Morgan fingerprint density at radius 2 is 2.22 bits per heavy atom. The molecular weight excluding hydrogens is 235 g/mol. The van der Waals surface area contributed by atoms with E-state index in [4.69, 9.17) is 10.5 Å². The second kappa shape index (κ2) is 6.35. The molecule has 2 N–H and O–H groups in total. The number of carbonyl (C=O) groups excluding carboxylic acids is 1. The summed E-state index contributed by atoms with van der Waals surface area (Å²) in [5, 5.41) is 0. The SMILES string of the molecule is CCN(C(=O)c1ccc(N)c(F)c1)C(C)COC. The van der Waals surface area contributed by atoms with Crippen LogP contribution in [0.25, 0.3) is 0 Å². The molecule has 0 aliphatic carbocycles. The van der Waals surface area contributed by atoms with Gasteiger partial charge in [-0.15, -0.1) is 0 Å². The van der Waals surface area contributed by atoms with E-state index in [1.54, 1.807) is 12.0 Å². The van der Waals surface area contributed by atoms with Crippen molar-refractivity contribution in [3.8, 4) is 0 Å². The molecule has 0 bridgehead atoms. The average Bonchev–Trinajstić information content (AvgIpc) is 2.33. The van der Waals surface area contributed by atoms with Crippen LogP contribution in [0, 0.1) is 5.82 Å². The number of hydrogen-bond donors (Lipinski definition) is 1.